The molecule has 122 valence electrons. The van der Waals surface area contributed by atoms with E-state index in [2.05, 4.69) is 48.1 Å². The average molecular weight is 333 g/mol. The van der Waals surface area contributed by atoms with Crippen molar-refractivity contribution in [3.63, 3.8) is 0 Å². The van der Waals surface area contributed by atoms with Gasteiger partial charge >= 0.3 is 0 Å². The van der Waals surface area contributed by atoms with Gasteiger partial charge in [0.2, 0.25) is 5.72 Å². The zero-order chi connectivity index (χ0) is 15.2. The Kier molecular flexibility index (Phi) is 4.13. The topological polar surface area (TPSA) is 24.9 Å². The molecule has 0 spiro atoms. The maximum absolute atomic E-state index is 6.33. The molecule has 23 heavy (non-hydrogen) atoms. The minimum atomic E-state index is -0.511. The van der Waals surface area contributed by atoms with Gasteiger partial charge < -0.3 is 14.5 Å². The van der Waals surface area contributed by atoms with Gasteiger partial charge in [0.15, 0.2) is 11.5 Å². The molecule has 2 aliphatic heterocycles. The molecule has 2 aromatic carbocycles. The number of fused-ring (bicyclic) bond motifs is 2. The van der Waals surface area contributed by atoms with Crippen molar-refractivity contribution in [2.45, 2.75) is 26.1 Å². The first-order valence-electron chi connectivity index (χ1n) is 7.75. The highest BCUT2D eigenvalue weighted by Crippen LogP contribution is 2.41. The molecule has 4 nitrogen and oxygen atoms in total. The highest BCUT2D eigenvalue weighted by atomic mass is 35.5. The smallest absolute Gasteiger partial charge is 0.211 e. The summed E-state index contributed by atoms with van der Waals surface area (Å²) >= 11 is 0. The summed E-state index contributed by atoms with van der Waals surface area (Å²) in [6, 6.07) is 16.4. The summed E-state index contributed by atoms with van der Waals surface area (Å²) in [6.45, 7) is 6.51. The Morgan fingerprint density at radius 3 is 2.52 bits per heavy atom. The molecule has 0 aromatic heterocycles. The zero-order valence-corrected chi connectivity index (χ0v) is 14.2. The summed E-state index contributed by atoms with van der Waals surface area (Å²) in [7, 11) is 0. The fourth-order valence-electron chi connectivity index (χ4n) is 3.30. The molecule has 0 amide bonds. The summed E-state index contributed by atoms with van der Waals surface area (Å²) in [5, 5.41) is 4.56. The Morgan fingerprint density at radius 1 is 1.04 bits per heavy atom. The molecule has 0 N–H and O–H groups in total. The van der Waals surface area contributed by atoms with E-state index in [0.717, 1.165) is 24.6 Å². The molecule has 4 rings (SSSR count). The van der Waals surface area contributed by atoms with E-state index in [1.54, 1.807) is 0 Å². The summed E-state index contributed by atoms with van der Waals surface area (Å²) in [5.41, 5.74) is 2.07. The number of hydrazine groups is 1. The Morgan fingerprint density at radius 2 is 1.74 bits per heavy atom. The molecule has 1 unspecified atom stereocenters. The molecule has 2 heterocycles. The number of ether oxygens (including phenoxy) is 2. The van der Waals surface area contributed by atoms with Crippen molar-refractivity contribution < 1.29 is 9.47 Å². The molecule has 0 bridgehead atoms. The summed E-state index contributed by atoms with van der Waals surface area (Å²) in [4.78, 5) is 0. The quantitative estimate of drug-likeness (QED) is 0.834. The van der Waals surface area contributed by atoms with E-state index < -0.39 is 5.72 Å². The second-order valence-electron chi connectivity index (χ2n) is 5.91. The SMILES string of the molecule is CCN1c2ccccc2CN1C1(C)COc2ccccc2O1.Cl. The number of hydrogen-bond acceptors (Lipinski definition) is 4. The molecule has 5 heteroatoms. The van der Waals surface area contributed by atoms with E-state index in [9.17, 15) is 0 Å². The summed E-state index contributed by atoms with van der Waals surface area (Å²) in [5.74, 6) is 1.63. The predicted molar refractivity (Wildman–Crippen MR) is 93.2 cm³/mol. The molecule has 0 fully saturated rings. The number of para-hydroxylation sites is 3. The molecule has 0 aliphatic carbocycles. The van der Waals surface area contributed by atoms with E-state index >= 15 is 0 Å². The Labute approximate surface area is 143 Å². The highest BCUT2D eigenvalue weighted by Gasteiger charge is 2.45. The van der Waals surface area contributed by atoms with Crippen LogP contribution in [0.1, 0.15) is 19.4 Å². The fraction of sp³-hybridized carbons (Fsp3) is 0.333. The van der Waals surface area contributed by atoms with Crippen LogP contribution in [0.5, 0.6) is 11.5 Å². The third kappa shape index (κ3) is 2.52. The van der Waals surface area contributed by atoms with E-state index in [1.165, 1.54) is 11.3 Å². The van der Waals surface area contributed by atoms with Crippen LogP contribution in [0.4, 0.5) is 5.69 Å². The van der Waals surface area contributed by atoms with Crippen LogP contribution in [0.2, 0.25) is 0 Å². The average Bonchev–Trinajstić information content (AvgIpc) is 2.94. The number of nitrogens with zero attached hydrogens (tertiary/aromatic N) is 2. The van der Waals surface area contributed by atoms with Gasteiger partial charge in [-0.3, -0.25) is 0 Å². The fourth-order valence-corrected chi connectivity index (χ4v) is 3.30. The van der Waals surface area contributed by atoms with Gasteiger partial charge in [0, 0.05) is 13.1 Å². The number of halogens is 1. The van der Waals surface area contributed by atoms with Gasteiger partial charge in [0.25, 0.3) is 0 Å². The second kappa shape index (κ2) is 5.95. The Hall–Kier alpha value is -1.91. The van der Waals surface area contributed by atoms with Gasteiger partial charge in [0.1, 0.15) is 6.61 Å². The van der Waals surface area contributed by atoms with Crippen LogP contribution >= 0.6 is 12.4 Å². The van der Waals surface area contributed by atoms with Crippen LogP contribution in [0.25, 0.3) is 0 Å². The largest absolute Gasteiger partial charge is 0.484 e. The first kappa shape index (κ1) is 16.0. The van der Waals surface area contributed by atoms with Gasteiger partial charge in [-0.25, -0.2) is 0 Å². The lowest BCUT2D eigenvalue weighted by Gasteiger charge is -2.45. The summed E-state index contributed by atoms with van der Waals surface area (Å²) < 4.78 is 12.3. The normalized spacial score (nSPS) is 22.4. The highest BCUT2D eigenvalue weighted by molar-refractivity contribution is 5.85. The van der Waals surface area contributed by atoms with Crippen molar-refractivity contribution in [3.8, 4) is 11.5 Å². The molecule has 2 aliphatic rings. The second-order valence-corrected chi connectivity index (χ2v) is 5.91. The summed E-state index contributed by atoms with van der Waals surface area (Å²) in [6.07, 6.45) is 0. The maximum Gasteiger partial charge on any atom is 0.211 e. The van der Waals surface area contributed by atoms with Crippen molar-refractivity contribution in [3.05, 3.63) is 54.1 Å². The van der Waals surface area contributed by atoms with Crippen LogP contribution in [0.3, 0.4) is 0 Å². The third-order valence-corrected chi connectivity index (χ3v) is 4.40. The molecule has 0 saturated carbocycles. The van der Waals surface area contributed by atoms with Crippen LogP contribution in [-0.4, -0.2) is 23.9 Å². The minimum absolute atomic E-state index is 0. The number of rotatable bonds is 2. The zero-order valence-electron chi connectivity index (χ0n) is 13.4. The van der Waals surface area contributed by atoms with E-state index in [0.29, 0.717) is 6.61 Å². The number of benzene rings is 2. The minimum Gasteiger partial charge on any atom is -0.484 e. The van der Waals surface area contributed by atoms with Crippen LogP contribution < -0.4 is 14.5 Å². The third-order valence-electron chi connectivity index (χ3n) is 4.40. The molecule has 0 saturated heterocycles. The van der Waals surface area contributed by atoms with E-state index in [4.69, 9.17) is 9.47 Å². The lowest BCUT2D eigenvalue weighted by Crippen LogP contribution is -2.60. The first-order valence-corrected chi connectivity index (χ1v) is 7.75. The van der Waals surface area contributed by atoms with Gasteiger partial charge in [-0.15, -0.1) is 12.4 Å². The van der Waals surface area contributed by atoms with Crippen molar-refractivity contribution in [1.29, 1.82) is 0 Å². The van der Waals surface area contributed by atoms with Crippen molar-refractivity contribution in [1.82, 2.24) is 5.01 Å². The standard InChI is InChI=1S/C18H20N2O2.ClH/c1-3-19-15-9-5-4-8-14(15)12-20(19)18(2)13-21-16-10-6-7-11-17(16)22-18;/h4-11H,3,12-13H2,1-2H3;1H. The molecule has 0 radical (unpaired) electrons. The number of anilines is 1. The van der Waals surface area contributed by atoms with Gasteiger partial charge in [-0.2, -0.15) is 5.01 Å². The van der Waals surface area contributed by atoms with Crippen LogP contribution in [-0.2, 0) is 6.54 Å². The predicted octanol–water partition coefficient (Wildman–Crippen LogP) is 3.85. The van der Waals surface area contributed by atoms with Gasteiger partial charge in [-0.05, 0) is 37.6 Å². The number of hydrogen-bond donors (Lipinski definition) is 0. The van der Waals surface area contributed by atoms with E-state index in [-0.39, 0.29) is 12.4 Å². The van der Waals surface area contributed by atoms with Crippen LogP contribution in [0, 0.1) is 0 Å². The molecular formula is C18H21ClN2O2. The molecule has 2 aromatic rings. The van der Waals surface area contributed by atoms with Crippen molar-refractivity contribution >= 4 is 18.1 Å². The van der Waals surface area contributed by atoms with Crippen LogP contribution in [0.15, 0.2) is 48.5 Å². The lowest BCUT2D eigenvalue weighted by atomic mass is 10.2. The first-order chi connectivity index (χ1) is 10.7. The molecular weight excluding hydrogens is 312 g/mol. The Bertz CT molecular complexity index is 709. The van der Waals surface area contributed by atoms with Crippen molar-refractivity contribution in [2.24, 2.45) is 0 Å². The lowest BCUT2D eigenvalue weighted by molar-refractivity contribution is -0.120. The maximum atomic E-state index is 6.33. The van der Waals surface area contributed by atoms with E-state index in [1.807, 2.05) is 24.3 Å². The monoisotopic (exact) mass is 332 g/mol. The van der Waals surface area contributed by atoms with Gasteiger partial charge in [0.05, 0.1) is 5.69 Å². The molecule has 1 atom stereocenters. The van der Waals surface area contributed by atoms with Crippen molar-refractivity contribution in [2.75, 3.05) is 18.2 Å². The Balaban J connectivity index is 0.00000156. The van der Waals surface area contributed by atoms with Gasteiger partial charge in [-0.1, -0.05) is 30.3 Å².